The Balaban J connectivity index is 1.53. The lowest BCUT2D eigenvalue weighted by atomic mass is 9.85. The Hall–Kier alpha value is -1.72. The number of hydrogen-bond acceptors (Lipinski definition) is 4. The molecular formula is C22H28O4. The normalized spacial score (nSPS) is 28.8. The summed E-state index contributed by atoms with van der Waals surface area (Å²) in [5.74, 6) is 0.189. The van der Waals surface area contributed by atoms with Crippen molar-refractivity contribution < 1.29 is 19.3 Å². The predicted octanol–water partition coefficient (Wildman–Crippen LogP) is 3.78. The highest BCUT2D eigenvalue weighted by molar-refractivity contribution is 5.14. The Morgan fingerprint density at radius 1 is 0.846 bits per heavy atom. The minimum Gasteiger partial charge on any atom is -0.390 e. The number of aliphatic hydroxyl groups excluding tert-OH is 1. The van der Waals surface area contributed by atoms with Crippen molar-refractivity contribution in [3.05, 3.63) is 71.8 Å². The van der Waals surface area contributed by atoms with Gasteiger partial charge in [-0.2, -0.15) is 0 Å². The van der Waals surface area contributed by atoms with Crippen LogP contribution in [0.15, 0.2) is 60.7 Å². The van der Waals surface area contributed by atoms with E-state index in [2.05, 4.69) is 6.92 Å². The van der Waals surface area contributed by atoms with Crippen molar-refractivity contribution in [2.75, 3.05) is 6.61 Å². The van der Waals surface area contributed by atoms with Gasteiger partial charge in [0.05, 0.1) is 25.9 Å². The van der Waals surface area contributed by atoms with Gasteiger partial charge in [0.15, 0.2) is 6.29 Å². The van der Waals surface area contributed by atoms with E-state index in [0.29, 0.717) is 19.8 Å². The van der Waals surface area contributed by atoms with Crippen LogP contribution in [0.4, 0.5) is 0 Å². The fourth-order valence-corrected chi connectivity index (χ4v) is 3.22. The zero-order valence-corrected chi connectivity index (χ0v) is 15.5. The summed E-state index contributed by atoms with van der Waals surface area (Å²) in [6, 6.07) is 20.1. The molecule has 0 spiro atoms. The van der Waals surface area contributed by atoms with Crippen LogP contribution in [0.5, 0.6) is 0 Å². The first kappa shape index (κ1) is 19.1. The van der Waals surface area contributed by atoms with Gasteiger partial charge in [0, 0.05) is 5.92 Å². The highest BCUT2D eigenvalue weighted by Gasteiger charge is 2.41. The van der Waals surface area contributed by atoms with Crippen LogP contribution in [0, 0.1) is 11.8 Å². The molecule has 1 aliphatic heterocycles. The maximum absolute atomic E-state index is 10.5. The third-order valence-electron chi connectivity index (χ3n) is 5.14. The molecule has 0 radical (unpaired) electrons. The van der Waals surface area contributed by atoms with E-state index in [0.717, 1.165) is 11.1 Å². The van der Waals surface area contributed by atoms with Crippen molar-refractivity contribution in [2.45, 2.75) is 45.6 Å². The average Bonchev–Trinajstić information content (AvgIpc) is 2.69. The maximum atomic E-state index is 10.5. The van der Waals surface area contributed by atoms with E-state index in [-0.39, 0.29) is 24.2 Å². The van der Waals surface area contributed by atoms with Crippen molar-refractivity contribution in [3.8, 4) is 0 Å². The lowest BCUT2D eigenvalue weighted by molar-refractivity contribution is -0.275. The Labute approximate surface area is 155 Å². The van der Waals surface area contributed by atoms with Crippen LogP contribution in [0.25, 0.3) is 0 Å². The molecule has 0 amide bonds. The van der Waals surface area contributed by atoms with Crippen LogP contribution >= 0.6 is 0 Å². The van der Waals surface area contributed by atoms with Gasteiger partial charge in [0.25, 0.3) is 0 Å². The van der Waals surface area contributed by atoms with Gasteiger partial charge < -0.3 is 19.3 Å². The number of aliphatic hydroxyl groups is 1. The van der Waals surface area contributed by atoms with E-state index in [1.165, 1.54) is 0 Å². The zero-order valence-electron chi connectivity index (χ0n) is 15.5. The molecule has 1 N–H and O–H groups in total. The summed E-state index contributed by atoms with van der Waals surface area (Å²) in [7, 11) is 0. The average molecular weight is 356 g/mol. The molecule has 1 saturated heterocycles. The highest BCUT2D eigenvalue weighted by atomic mass is 16.7. The third kappa shape index (κ3) is 4.92. The van der Waals surface area contributed by atoms with Crippen LogP contribution in [0.1, 0.15) is 25.0 Å². The highest BCUT2D eigenvalue weighted by Crippen LogP contribution is 2.32. The van der Waals surface area contributed by atoms with E-state index in [1.807, 2.05) is 67.6 Å². The Morgan fingerprint density at radius 2 is 1.42 bits per heavy atom. The monoisotopic (exact) mass is 356 g/mol. The minimum absolute atomic E-state index is 0.0786. The summed E-state index contributed by atoms with van der Waals surface area (Å²) in [5, 5.41) is 10.5. The summed E-state index contributed by atoms with van der Waals surface area (Å²) in [6.07, 6.45) is -1.29. The molecular weight excluding hydrogens is 328 g/mol. The molecule has 140 valence electrons. The van der Waals surface area contributed by atoms with Crippen molar-refractivity contribution >= 4 is 0 Å². The van der Waals surface area contributed by atoms with E-state index in [4.69, 9.17) is 14.2 Å². The number of hydrogen-bond donors (Lipinski definition) is 1. The van der Waals surface area contributed by atoms with Gasteiger partial charge in [-0.25, -0.2) is 0 Å². The second-order valence-corrected chi connectivity index (χ2v) is 7.05. The number of ether oxygens (including phenoxy) is 3. The molecule has 2 unspecified atom stereocenters. The SMILES string of the molecule is CC1[C@H](OCc2ccccc2)OC(COCc2ccccc2)[C@@H](O)[C@@H]1C. The second-order valence-electron chi connectivity index (χ2n) is 7.05. The van der Waals surface area contributed by atoms with Gasteiger partial charge in [0.1, 0.15) is 6.10 Å². The van der Waals surface area contributed by atoms with Crippen molar-refractivity contribution in [1.29, 1.82) is 0 Å². The van der Waals surface area contributed by atoms with Crippen LogP contribution in [-0.4, -0.2) is 30.2 Å². The first-order valence-corrected chi connectivity index (χ1v) is 9.26. The first-order valence-electron chi connectivity index (χ1n) is 9.26. The van der Waals surface area contributed by atoms with Crippen LogP contribution in [0.3, 0.4) is 0 Å². The number of benzene rings is 2. The van der Waals surface area contributed by atoms with Gasteiger partial charge in [-0.3, -0.25) is 0 Å². The lowest BCUT2D eigenvalue weighted by Crippen LogP contribution is -2.51. The van der Waals surface area contributed by atoms with Gasteiger partial charge in [-0.05, 0) is 17.0 Å². The van der Waals surface area contributed by atoms with E-state index in [9.17, 15) is 5.11 Å². The summed E-state index contributed by atoms with van der Waals surface area (Å²) in [4.78, 5) is 0. The summed E-state index contributed by atoms with van der Waals surface area (Å²) >= 11 is 0. The smallest absolute Gasteiger partial charge is 0.161 e. The minimum atomic E-state index is -0.558. The third-order valence-corrected chi connectivity index (χ3v) is 5.14. The van der Waals surface area contributed by atoms with Crippen molar-refractivity contribution in [3.63, 3.8) is 0 Å². The molecule has 4 heteroatoms. The van der Waals surface area contributed by atoms with Gasteiger partial charge in [-0.15, -0.1) is 0 Å². The molecule has 5 atom stereocenters. The standard InChI is InChI=1S/C22H28O4/c1-16-17(2)22(25-14-19-11-7-4-8-12-19)26-20(21(16)23)15-24-13-18-9-5-3-6-10-18/h3-12,16-17,20-23H,13-15H2,1-2H3/t16-,17?,20?,21+,22-/m1/s1. The van der Waals surface area contributed by atoms with E-state index < -0.39 is 6.10 Å². The molecule has 0 aromatic heterocycles. The fourth-order valence-electron chi connectivity index (χ4n) is 3.22. The molecule has 0 aliphatic carbocycles. The quantitative estimate of drug-likeness (QED) is 0.820. The Kier molecular flexibility index (Phi) is 6.80. The molecule has 2 aromatic rings. The Morgan fingerprint density at radius 3 is 2.04 bits per heavy atom. The topological polar surface area (TPSA) is 47.9 Å². The number of rotatable bonds is 7. The maximum Gasteiger partial charge on any atom is 0.161 e. The molecule has 1 fully saturated rings. The summed E-state index contributed by atoms with van der Waals surface area (Å²) in [6.45, 7) is 5.45. The van der Waals surface area contributed by atoms with Crippen molar-refractivity contribution in [2.24, 2.45) is 11.8 Å². The second kappa shape index (κ2) is 9.28. The van der Waals surface area contributed by atoms with Crippen molar-refractivity contribution in [1.82, 2.24) is 0 Å². The molecule has 4 nitrogen and oxygen atoms in total. The molecule has 26 heavy (non-hydrogen) atoms. The molecule has 1 heterocycles. The molecule has 3 rings (SSSR count). The van der Waals surface area contributed by atoms with E-state index >= 15 is 0 Å². The Bertz CT molecular complexity index is 644. The first-order chi connectivity index (χ1) is 12.6. The largest absolute Gasteiger partial charge is 0.390 e. The van der Waals surface area contributed by atoms with Gasteiger partial charge >= 0.3 is 0 Å². The van der Waals surface area contributed by atoms with E-state index in [1.54, 1.807) is 0 Å². The summed E-state index contributed by atoms with van der Waals surface area (Å²) < 4.78 is 17.8. The molecule has 0 saturated carbocycles. The molecule has 1 aliphatic rings. The van der Waals surface area contributed by atoms with Crippen LogP contribution < -0.4 is 0 Å². The summed E-state index contributed by atoms with van der Waals surface area (Å²) in [5.41, 5.74) is 2.22. The molecule has 2 aromatic carbocycles. The lowest BCUT2D eigenvalue weighted by Gasteiger charge is -2.42. The fraction of sp³-hybridized carbons (Fsp3) is 0.455. The predicted molar refractivity (Wildman–Crippen MR) is 100 cm³/mol. The molecule has 0 bridgehead atoms. The van der Waals surface area contributed by atoms with Gasteiger partial charge in [-0.1, -0.05) is 74.5 Å². The van der Waals surface area contributed by atoms with Crippen LogP contribution in [0.2, 0.25) is 0 Å². The van der Waals surface area contributed by atoms with Crippen LogP contribution in [-0.2, 0) is 27.4 Å². The van der Waals surface area contributed by atoms with Gasteiger partial charge in [0.2, 0.25) is 0 Å². The zero-order chi connectivity index (χ0) is 18.4.